The Bertz CT molecular complexity index is 1010. The van der Waals surface area contributed by atoms with Crippen LogP contribution in [0.3, 0.4) is 0 Å². The molecule has 1 fully saturated rings. The van der Waals surface area contributed by atoms with Crippen molar-refractivity contribution >= 4 is 41.1 Å². The van der Waals surface area contributed by atoms with Crippen LogP contribution in [0.1, 0.15) is 27.7 Å². The summed E-state index contributed by atoms with van der Waals surface area (Å²) >= 11 is 12.7. The molecular weight excluding hydrogens is 483 g/mol. The van der Waals surface area contributed by atoms with Crippen LogP contribution in [0.4, 0.5) is 16.6 Å². The highest BCUT2D eigenvalue weighted by molar-refractivity contribution is 6.43. The first kappa shape index (κ1) is 26.1. The minimum absolute atomic E-state index is 0.156. The van der Waals surface area contributed by atoms with Gasteiger partial charge in [-0.25, -0.2) is 4.79 Å². The SMILES string of the molecule is CCOCCOc1cc(Cl)c(Cl)c(-c2nnc(N3CCN(C(=O)OC(C)(C)C)CC3)nc2N)c1. The number of carbonyl (C=O) groups excluding carboxylic acids is 1. The molecule has 34 heavy (non-hydrogen) atoms. The zero-order chi connectivity index (χ0) is 24.9. The molecule has 0 spiro atoms. The van der Waals surface area contributed by atoms with Crippen LogP contribution in [0.15, 0.2) is 12.1 Å². The van der Waals surface area contributed by atoms with E-state index >= 15 is 0 Å². The van der Waals surface area contributed by atoms with Crippen LogP contribution in [0.2, 0.25) is 10.0 Å². The number of hydrogen-bond donors (Lipinski definition) is 1. The third kappa shape index (κ3) is 6.74. The summed E-state index contributed by atoms with van der Waals surface area (Å²) < 4.78 is 16.4. The molecular formula is C22H30Cl2N6O4. The van der Waals surface area contributed by atoms with Crippen LogP contribution in [-0.4, -0.2) is 77.8 Å². The van der Waals surface area contributed by atoms with E-state index in [9.17, 15) is 4.79 Å². The summed E-state index contributed by atoms with van der Waals surface area (Å²) in [5.74, 6) is 1.04. The highest BCUT2D eigenvalue weighted by Crippen LogP contribution is 2.38. The molecule has 0 bridgehead atoms. The number of aromatic nitrogens is 3. The van der Waals surface area contributed by atoms with Crippen molar-refractivity contribution < 1.29 is 19.0 Å². The molecule has 1 aromatic heterocycles. The van der Waals surface area contributed by atoms with E-state index in [2.05, 4.69) is 15.2 Å². The Kier molecular flexibility index (Phi) is 8.62. The number of hydrogen-bond acceptors (Lipinski definition) is 9. The standard InChI is InChI=1S/C22H30Cl2N6O4/c1-5-32-10-11-33-14-12-15(17(24)16(23)13-14)18-19(25)26-20(28-27-18)29-6-8-30(9-7-29)21(31)34-22(2,3)4/h12-13H,5-11H2,1-4H3,(H2,25,26,28). The van der Waals surface area contributed by atoms with Gasteiger partial charge < -0.3 is 29.7 Å². The molecule has 3 rings (SSSR count). The fraction of sp³-hybridized carbons (Fsp3) is 0.545. The average molecular weight is 513 g/mol. The number of anilines is 2. The molecule has 0 radical (unpaired) electrons. The third-order valence-corrected chi connectivity index (χ3v) is 5.68. The van der Waals surface area contributed by atoms with Crippen molar-refractivity contribution in [1.29, 1.82) is 0 Å². The second-order valence-corrected chi connectivity index (χ2v) is 9.40. The topological polar surface area (TPSA) is 116 Å². The number of nitrogen functional groups attached to an aromatic ring is 1. The van der Waals surface area contributed by atoms with E-state index in [0.29, 0.717) is 74.0 Å². The van der Waals surface area contributed by atoms with Gasteiger partial charge in [-0.2, -0.15) is 4.98 Å². The van der Waals surface area contributed by atoms with Gasteiger partial charge in [0.05, 0.1) is 16.7 Å². The van der Waals surface area contributed by atoms with Crippen LogP contribution in [0.5, 0.6) is 5.75 Å². The second-order valence-electron chi connectivity index (χ2n) is 8.61. The molecule has 1 aliphatic heterocycles. The van der Waals surface area contributed by atoms with Crippen LogP contribution in [-0.2, 0) is 9.47 Å². The molecule has 2 aromatic rings. The van der Waals surface area contributed by atoms with Crippen molar-refractivity contribution in [2.45, 2.75) is 33.3 Å². The van der Waals surface area contributed by atoms with Crippen molar-refractivity contribution in [3.63, 3.8) is 0 Å². The zero-order valence-corrected chi connectivity index (χ0v) is 21.3. The Balaban J connectivity index is 1.71. The van der Waals surface area contributed by atoms with Crippen molar-refractivity contribution in [2.75, 3.05) is 56.6 Å². The summed E-state index contributed by atoms with van der Waals surface area (Å²) in [6, 6.07) is 3.32. The van der Waals surface area contributed by atoms with Gasteiger partial charge in [0.2, 0.25) is 5.95 Å². The maximum atomic E-state index is 12.3. The highest BCUT2D eigenvalue weighted by Gasteiger charge is 2.27. The van der Waals surface area contributed by atoms with Crippen LogP contribution in [0, 0.1) is 0 Å². The van der Waals surface area contributed by atoms with Gasteiger partial charge in [0, 0.05) is 44.4 Å². The quantitative estimate of drug-likeness (QED) is 0.551. The van der Waals surface area contributed by atoms with Crippen LogP contribution >= 0.6 is 23.2 Å². The van der Waals surface area contributed by atoms with Gasteiger partial charge in [-0.1, -0.05) is 23.2 Å². The van der Waals surface area contributed by atoms with Crippen molar-refractivity contribution in [1.82, 2.24) is 20.1 Å². The molecule has 2 N–H and O–H groups in total. The summed E-state index contributed by atoms with van der Waals surface area (Å²) in [7, 11) is 0. The van der Waals surface area contributed by atoms with E-state index < -0.39 is 5.60 Å². The number of carbonyl (C=O) groups is 1. The molecule has 10 nitrogen and oxygen atoms in total. The number of halogens is 2. The second kappa shape index (κ2) is 11.2. The monoisotopic (exact) mass is 512 g/mol. The number of piperazine rings is 1. The molecule has 1 amide bonds. The lowest BCUT2D eigenvalue weighted by atomic mass is 10.1. The maximum Gasteiger partial charge on any atom is 0.410 e. The Morgan fingerprint density at radius 2 is 1.82 bits per heavy atom. The van der Waals surface area contributed by atoms with E-state index in [0.717, 1.165) is 0 Å². The van der Waals surface area contributed by atoms with Gasteiger partial charge in [0.15, 0.2) is 5.82 Å². The minimum atomic E-state index is -0.540. The molecule has 0 atom stereocenters. The predicted molar refractivity (Wildman–Crippen MR) is 132 cm³/mol. The molecule has 1 aromatic carbocycles. The largest absolute Gasteiger partial charge is 0.491 e. The van der Waals surface area contributed by atoms with E-state index in [1.54, 1.807) is 17.0 Å². The number of benzene rings is 1. The number of ether oxygens (including phenoxy) is 3. The molecule has 1 aliphatic rings. The molecule has 12 heteroatoms. The lowest BCUT2D eigenvalue weighted by molar-refractivity contribution is 0.0240. The van der Waals surface area contributed by atoms with Gasteiger partial charge in [0.25, 0.3) is 0 Å². The molecule has 0 saturated carbocycles. The number of nitrogens with two attached hydrogens (primary N) is 1. The van der Waals surface area contributed by atoms with Crippen LogP contribution < -0.4 is 15.4 Å². The first-order valence-corrected chi connectivity index (χ1v) is 11.8. The Morgan fingerprint density at radius 3 is 2.44 bits per heavy atom. The highest BCUT2D eigenvalue weighted by atomic mass is 35.5. The Morgan fingerprint density at radius 1 is 1.12 bits per heavy atom. The normalized spacial score (nSPS) is 14.3. The number of amides is 1. The zero-order valence-electron chi connectivity index (χ0n) is 19.8. The van der Waals surface area contributed by atoms with Gasteiger partial charge in [-0.05, 0) is 33.8 Å². The summed E-state index contributed by atoms with van der Waals surface area (Å²) in [6.07, 6.45) is -0.337. The van der Waals surface area contributed by atoms with E-state index in [4.69, 9.17) is 43.1 Å². The Labute approximate surface area is 209 Å². The van der Waals surface area contributed by atoms with Crippen molar-refractivity contribution in [2.24, 2.45) is 0 Å². The van der Waals surface area contributed by atoms with Gasteiger partial charge >= 0.3 is 6.09 Å². The average Bonchev–Trinajstić information content (AvgIpc) is 2.78. The molecule has 186 valence electrons. The fourth-order valence-corrected chi connectivity index (χ4v) is 3.66. The van der Waals surface area contributed by atoms with E-state index in [-0.39, 0.29) is 16.9 Å². The lowest BCUT2D eigenvalue weighted by Crippen LogP contribution is -2.50. The maximum absolute atomic E-state index is 12.3. The smallest absolute Gasteiger partial charge is 0.410 e. The van der Waals surface area contributed by atoms with Gasteiger partial charge in [-0.15, -0.1) is 10.2 Å². The molecule has 0 aliphatic carbocycles. The van der Waals surface area contributed by atoms with Gasteiger partial charge in [0.1, 0.15) is 23.7 Å². The first-order valence-electron chi connectivity index (χ1n) is 11.0. The van der Waals surface area contributed by atoms with Crippen molar-refractivity contribution in [3.05, 3.63) is 22.2 Å². The fourth-order valence-electron chi connectivity index (χ4n) is 3.25. The molecule has 1 saturated heterocycles. The summed E-state index contributed by atoms with van der Waals surface area (Å²) in [6.45, 7) is 10.8. The summed E-state index contributed by atoms with van der Waals surface area (Å²) in [5, 5.41) is 9.09. The van der Waals surface area contributed by atoms with Gasteiger partial charge in [-0.3, -0.25) is 0 Å². The first-order chi connectivity index (χ1) is 16.1. The summed E-state index contributed by atoms with van der Waals surface area (Å²) in [4.78, 5) is 20.3. The number of rotatable bonds is 7. The minimum Gasteiger partial charge on any atom is -0.491 e. The van der Waals surface area contributed by atoms with Crippen LogP contribution in [0.25, 0.3) is 11.3 Å². The van der Waals surface area contributed by atoms with Crippen molar-refractivity contribution in [3.8, 4) is 17.0 Å². The number of nitrogens with zero attached hydrogens (tertiary/aromatic N) is 5. The molecule has 0 unspecified atom stereocenters. The van der Waals surface area contributed by atoms with E-state index in [1.165, 1.54) is 0 Å². The lowest BCUT2D eigenvalue weighted by Gasteiger charge is -2.35. The third-order valence-electron chi connectivity index (χ3n) is 4.87. The van der Waals surface area contributed by atoms with E-state index in [1.807, 2.05) is 32.6 Å². The molecule has 2 heterocycles. The Hall–Kier alpha value is -2.56. The predicted octanol–water partition coefficient (Wildman–Crippen LogP) is 3.90. The summed E-state index contributed by atoms with van der Waals surface area (Å²) in [5.41, 5.74) is 6.46.